The zero-order chi connectivity index (χ0) is 22.0. The van der Waals surface area contributed by atoms with E-state index in [-0.39, 0.29) is 22.7 Å². The van der Waals surface area contributed by atoms with Crippen molar-refractivity contribution >= 4 is 11.5 Å². The maximum Gasteiger partial charge on any atom is 0.387 e. The number of methoxy groups -OCH3 is 2. The lowest BCUT2D eigenvalue weighted by atomic mass is 9.99. The Morgan fingerprint density at radius 1 is 1.00 bits per heavy atom. The number of anilines is 1. The summed E-state index contributed by atoms with van der Waals surface area (Å²) in [6, 6.07) is 11.6. The van der Waals surface area contributed by atoms with E-state index in [2.05, 4.69) is 9.31 Å². The molecular formula is C23H27BrF2N2O4. The maximum absolute atomic E-state index is 12.6. The molecule has 2 aliphatic heterocycles. The van der Waals surface area contributed by atoms with Crippen molar-refractivity contribution in [2.45, 2.75) is 38.0 Å². The third-order valence-corrected chi connectivity index (χ3v) is 5.90. The summed E-state index contributed by atoms with van der Waals surface area (Å²) in [5.74, 6) is 2.31. The highest BCUT2D eigenvalue weighted by Crippen LogP contribution is 2.43. The molecule has 1 atom stereocenters. The van der Waals surface area contributed by atoms with Crippen LogP contribution in [-0.2, 0) is 5.72 Å². The highest BCUT2D eigenvalue weighted by molar-refractivity contribution is 5.98. The van der Waals surface area contributed by atoms with Gasteiger partial charge in [0, 0.05) is 18.1 Å². The Kier molecular flexibility index (Phi) is 7.61. The Morgan fingerprint density at radius 2 is 1.72 bits per heavy atom. The van der Waals surface area contributed by atoms with Gasteiger partial charge in [0.05, 0.1) is 20.8 Å². The molecule has 0 saturated carbocycles. The van der Waals surface area contributed by atoms with Gasteiger partial charge in [0.15, 0.2) is 18.0 Å². The van der Waals surface area contributed by atoms with Crippen LogP contribution in [0.3, 0.4) is 0 Å². The first-order valence-electron chi connectivity index (χ1n) is 10.4. The third kappa shape index (κ3) is 4.54. The topological polar surface area (TPSA) is 54.2 Å². The van der Waals surface area contributed by atoms with Gasteiger partial charge in [0.25, 0.3) is 11.6 Å². The van der Waals surface area contributed by atoms with Crippen LogP contribution >= 0.6 is 0 Å². The van der Waals surface area contributed by atoms with E-state index in [1.165, 1.54) is 12.1 Å². The van der Waals surface area contributed by atoms with Gasteiger partial charge in [-0.2, -0.15) is 13.7 Å². The van der Waals surface area contributed by atoms with Crippen molar-refractivity contribution < 1.29 is 49.7 Å². The second-order valence-corrected chi connectivity index (χ2v) is 7.74. The highest BCUT2D eigenvalue weighted by atomic mass is 79.9. The van der Waals surface area contributed by atoms with Crippen molar-refractivity contribution in [3.8, 4) is 17.2 Å². The molecule has 1 unspecified atom stereocenters. The minimum atomic E-state index is -2.90. The van der Waals surface area contributed by atoms with E-state index in [0.717, 1.165) is 38.1 Å². The Hall–Kier alpha value is -2.39. The number of benzene rings is 2. The minimum absolute atomic E-state index is 0. The average molecular weight is 513 g/mol. The van der Waals surface area contributed by atoms with Gasteiger partial charge in [0.2, 0.25) is 0 Å². The van der Waals surface area contributed by atoms with Crippen molar-refractivity contribution in [3.63, 3.8) is 0 Å². The van der Waals surface area contributed by atoms with Crippen LogP contribution in [0.5, 0.6) is 17.2 Å². The van der Waals surface area contributed by atoms with Gasteiger partial charge in [-0.05, 0) is 55.7 Å². The molecule has 2 aromatic carbocycles. The van der Waals surface area contributed by atoms with Gasteiger partial charge >= 0.3 is 6.61 Å². The molecule has 2 aromatic rings. The van der Waals surface area contributed by atoms with E-state index >= 15 is 0 Å². The standard InChI is InChI=1S/C23H27F2N2O4.BrH/c1-29-18-11-12-20(30-2)19(14-18)27-21-6-4-3-5-13-26(21)15-23(27,28)16-7-9-17(10-8-16)31-22(24)25;/h7-12,14,22,28H,3-6,13,15H2,1-2H3;1H/q+1;/p-1. The Labute approximate surface area is 196 Å². The molecule has 1 N–H and O–H groups in total. The molecule has 174 valence electrons. The Morgan fingerprint density at radius 3 is 2.38 bits per heavy atom. The van der Waals surface area contributed by atoms with E-state index < -0.39 is 12.3 Å². The molecule has 0 fully saturated rings. The molecule has 9 heteroatoms. The number of alkyl halides is 2. The largest absolute Gasteiger partial charge is 1.00 e. The fourth-order valence-corrected chi connectivity index (χ4v) is 4.46. The molecule has 2 aliphatic rings. The number of hydrogen-bond donors (Lipinski definition) is 1. The minimum Gasteiger partial charge on any atom is -1.00 e. The first kappa shape index (κ1) is 24.3. The number of amidine groups is 1. The molecule has 32 heavy (non-hydrogen) atoms. The monoisotopic (exact) mass is 512 g/mol. The smallest absolute Gasteiger partial charge is 0.387 e. The van der Waals surface area contributed by atoms with Crippen molar-refractivity contribution in [2.75, 3.05) is 32.2 Å². The second-order valence-electron chi connectivity index (χ2n) is 7.74. The average Bonchev–Trinajstić information content (AvgIpc) is 2.88. The number of aliphatic hydroxyl groups is 1. The van der Waals surface area contributed by atoms with E-state index in [0.29, 0.717) is 29.3 Å². The third-order valence-electron chi connectivity index (χ3n) is 5.90. The fraction of sp³-hybridized carbons (Fsp3) is 0.435. The van der Waals surface area contributed by atoms with E-state index in [1.54, 1.807) is 26.4 Å². The summed E-state index contributed by atoms with van der Waals surface area (Å²) in [5, 5.41) is 12.0. The molecule has 0 radical (unpaired) electrons. The number of halogens is 3. The maximum atomic E-state index is 12.6. The first-order valence-corrected chi connectivity index (χ1v) is 10.4. The van der Waals surface area contributed by atoms with Crippen molar-refractivity contribution in [1.82, 2.24) is 0 Å². The predicted molar refractivity (Wildman–Crippen MR) is 112 cm³/mol. The summed E-state index contributed by atoms with van der Waals surface area (Å²) in [5.41, 5.74) is -0.133. The first-order chi connectivity index (χ1) is 15.0. The quantitative estimate of drug-likeness (QED) is 0.584. The van der Waals surface area contributed by atoms with Crippen LogP contribution in [-0.4, -0.2) is 49.4 Å². The zero-order valence-corrected chi connectivity index (χ0v) is 19.6. The molecule has 0 bridgehead atoms. The molecule has 0 aromatic heterocycles. The van der Waals surface area contributed by atoms with Crippen LogP contribution in [0.15, 0.2) is 42.5 Å². The molecule has 0 spiro atoms. The van der Waals surface area contributed by atoms with Crippen LogP contribution in [0.25, 0.3) is 0 Å². The lowest BCUT2D eigenvalue weighted by molar-refractivity contribution is -0.534. The fourth-order valence-electron chi connectivity index (χ4n) is 4.46. The van der Waals surface area contributed by atoms with Gasteiger partial charge < -0.3 is 36.3 Å². The van der Waals surface area contributed by atoms with Crippen LogP contribution in [0, 0.1) is 0 Å². The highest BCUT2D eigenvalue weighted by Gasteiger charge is 2.55. The second kappa shape index (κ2) is 10.0. The molecule has 0 amide bonds. The molecular weight excluding hydrogens is 486 g/mol. The van der Waals surface area contributed by atoms with Gasteiger partial charge in [-0.3, -0.25) is 4.58 Å². The molecule has 2 heterocycles. The SMILES string of the molecule is COc1ccc(OC)c(N2C3=[N+](CCCCC3)CC2(O)c2ccc(OC(F)F)cc2)c1.[Br-]. The van der Waals surface area contributed by atoms with Gasteiger partial charge in [-0.25, -0.2) is 0 Å². The Balaban J connectivity index is 0.00000289. The zero-order valence-electron chi connectivity index (χ0n) is 18.1. The molecule has 0 aliphatic carbocycles. The predicted octanol–water partition coefficient (Wildman–Crippen LogP) is 0.959. The summed E-state index contributed by atoms with van der Waals surface area (Å²) in [7, 11) is 3.18. The van der Waals surface area contributed by atoms with E-state index in [4.69, 9.17) is 9.47 Å². The number of ether oxygens (including phenoxy) is 3. The van der Waals surface area contributed by atoms with Gasteiger partial charge in [-0.15, -0.1) is 0 Å². The van der Waals surface area contributed by atoms with Crippen LogP contribution in [0.2, 0.25) is 0 Å². The van der Waals surface area contributed by atoms with Crippen LogP contribution in [0.4, 0.5) is 14.5 Å². The number of rotatable bonds is 6. The van der Waals surface area contributed by atoms with Gasteiger partial charge in [0.1, 0.15) is 11.5 Å². The summed E-state index contributed by atoms with van der Waals surface area (Å²) in [6.07, 6.45) is 4.01. The van der Waals surface area contributed by atoms with E-state index in [1.807, 2.05) is 23.1 Å². The lowest BCUT2D eigenvalue weighted by Crippen LogP contribution is -3.00. The van der Waals surface area contributed by atoms with Crippen LogP contribution in [0.1, 0.15) is 31.2 Å². The summed E-state index contributed by atoms with van der Waals surface area (Å²) in [6.45, 7) is -1.70. The number of nitrogens with zero attached hydrogens (tertiary/aromatic N) is 2. The van der Waals surface area contributed by atoms with Crippen molar-refractivity contribution in [3.05, 3.63) is 48.0 Å². The normalized spacial score (nSPS) is 20.5. The molecule has 6 nitrogen and oxygen atoms in total. The van der Waals surface area contributed by atoms with Gasteiger partial charge in [-0.1, -0.05) is 0 Å². The van der Waals surface area contributed by atoms with Crippen LogP contribution < -0.4 is 36.1 Å². The van der Waals surface area contributed by atoms with Crippen molar-refractivity contribution in [2.24, 2.45) is 0 Å². The molecule has 4 rings (SSSR count). The summed E-state index contributed by atoms with van der Waals surface area (Å²) < 4.78 is 42.8. The lowest BCUT2D eigenvalue weighted by Gasteiger charge is -2.30. The Bertz CT molecular complexity index is 971. The van der Waals surface area contributed by atoms with Crippen molar-refractivity contribution in [1.29, 1.82) is 0 Å². The van der Waals surface area contributed by atoms with E-state index in [9.17, 15) is 13.9 Å². The number of hydrogen-bond acceptors (Lipinski definition) is 5. The summed E-state index contributed by atoms with van der Waals surface area (Å²) >= 11 is 0. The molecule has 0 saturated heterocycles. The summed E-state index contributed by atoms with van der Waals surface area (Å²) in [4.78, 5) is 1.91.